The molecule has 0 aromatic heterocycles. The van der Waals surface area contributed by atoms with Gasteiger partial charge in [0.25, 0.3) is 0 Å². The Morgan fingerprint density at radius 3 is 1.69 bits per heavy atom. The molecule has 1 fully saturated rings. The van der Waals surface area contributed by atoms with Crippen molar-refractivity contribution in [1.29, 1.82) is 0 Å². The number of piperidine rings is 1. The molecule has 254 valence electrons. The van der Waals surface area contributed by atoms with Crippen molar-refractivity contribution in [1.82, 2.24) is 5.32 Å². The monoisotopic (exact) mass is 655 g/mol. The van der Waals surface area contributed by atoms with Crippen molar-refractivity contribution >= 4 is 0 Å². The first-order chi connectivity index (χ1) is 24.0. The van der Waals surface area contributed by atoms with E-state index in [4.69, 9.17) is 14.2 Å². The Labute approximate surface area is 291 Å². The third kappa shape index (κ3) is 8.04. The summed E-state index contributed by atoms with van der Waals surface area (Å²) in [5, 5.41) is 16.8. The van der Waals surface area contributed by atoms with Gasteiger partial charge in [0.05, 0.1) is 32.5 Å². The van der Waals surface area contributed by atoms with Gasteiger partial charge < -0.3 is 24.6 Å². The molecule has 6 rings (SSSR count). The largest absolute Gasteiger partial charge is 0.384 e. The van der Waals surface area contributed by atoms with Crippen LogP contribution in [0.5, 0.6) is 0 Å². The first kappa shape index (κ1) is 34.8. The Morgan fingerprint density at radius 1 is 0.653 bits per heavy atom. The number of hydrogen-bond acceptors (Lipinski definition) is 5. The maximum absolute atomic E-state index is 13.2. The van der Waals surface area contributed by atoms with Gasteiger partial charge in [0.1, 0.15) is 11.2 Å². The summed E-state index contributed by atoms with van der Waals surface area (Å²) in [5.41, 5.74) is 4.28. The number of hydrogen-bond donors (Lipinski definition) is 2. The summed E-state index contributed by atoms with van der Waals surface area (Å²) in [5.74, 6) is -0.312. The molecule has 3 atom stereocenters. The van der Waals surface area contributed by atoms with Gasteiger partial charge in [-0.1, -0.05) is 146 Å². The predicted octanol–water partition coefficient (Wildman–Crippen LogP) is 7.90. The Bertz CT molecular complexity index is 1580. The van der Waals surface area contributed by atoms with Crippen LogP contribution in [0.2, 0.25) is 0 Å². The van der Waals surface area contributed by atoms with Gasteiger partial charge in [-0.2, -0.15) is 0 Å². The minimum Gasteiger partial charge on any atom is -0.384 e. The van der Waals surface area contributed by atoms with Crippen LogP contribution in [0, 0.1) is 11.8 Å². The summed E-state index contributed by atoms with van der Waals surface area (Å²) in [7, 11) is 0. The molecule has 5 heteroatoms. The van der Waals surface area contributed by atoms with Crippen molar-refractivity contribution in [3.05, 3.63) is 179 Å². The fourth-order valence-electron chi connectivity index (χ4n) is 7.25. The molecule has 0 amide bonds. The SMILES string of the molecule is CC(C)OCCOCc1ccc(C2(O)C(COC(c3ccccc3)(c3ccccc3)c3ccccc3)CNCC2Cc2ccccc2)cc1. The van der Waals surface area contributed by atoms with Crippen molar-refractivity contribution in [2.75, 3.05) is 32.9 Å². The van der Waals surface area contributed by atoms with E-state index in [1.54, 1.807) is 0 Å². The quantitative estimate of drug-likeness (QED) is 0.0887. The maximum atomic E-state index is 13.2. The lowest BCUT2D eigenvalue weighted by Gasteiger charge is -2.48. The van der Waals surface area contributed by atoms with Gasteiger partial charge in [-0.15, -0.1) is 0 Å². The molecular weight excluding hydrogens is 606 g/mol. The van der Waals surface area contributed by atoms with Crippen molar-refractivity contribution < 1.29 is 19.3 Å². The molecular formula is C44H49NO4. The molecule has 2 N–H and O–H groups in total. The number of ether oxygens (including phenoxy) is 3. The average Bonchev–Trinajstić information content (AvgIpc) is 3.15. The van der Waals surface area contributed by atoms with Gasteiger partial charge >= 0.3 is 0 Å². The molecule has 5 aromatic rings. The topological polar surface area (TPSA) is 60.0 Å². The summed E-state index contributed by atoms with van der Waals surface area (Å²) >= 11 is 0. The Morgan fingerprint density at radius 2 is 1.16 bits per heavy atom. The molecule has 1 aliphatic heterocycles. The molecule has 5 aromatic carbocycles. The van der Waals surface area contributed by atoms with E-state index >= 15 is 0 Å². The zero-order chi connectivity index (χ0) is 33.9. The molecule has 3 unspecified atom stereocenters. The van der Waals surface area contributed by atoms with Gasteiger partial charge in [-0.25, -0.2) is 0 Å². The highest BCUT2D eigenvalue weighted by Crippen LogP contribution is 2.45. The minimum absolute atomic E-state index is 0.0768. The highest BCUT2D eigenvalue weighted by Gasteiger charge is 2.49. The fraction of sp³-hybridized carbons (Fsp3) is 0.318. The molecule has 1 heterocycles. The van der Waals surface area contributed by atoms with E-state index in [9.17, 15) is 5.11 Å². The van der Waals surface area contributed by atoms with E-state index in [1.807, 2.05) is 38.1 Å². The smallest absolute Gasteiger partial charge is 0.143 e. The van der Waals surface area contributed by atoms with Crippen LogP contribution in [0.4, 0.5) is 0 Å². The van der Waals surface area contributed by atoms with Gasteiger partial charge in [-0.3, -0.25) is 0 Å². The first-order valence-electron chi connectivity index (χ1n) is 17.6. The fourth-order valence-corrected chi connectivity index (χ4v) is 7.25. The van der Waals surface area contributed by atoms with E-state index in [0.29, 0.717) is 39.5 Å². The minimum atomic E-state index is -1.15. The molecule has 1 aliphatic rings. The normalized spacial score (nSPS) is 19.6. The van der Waals surface area contributed by atoms with Crippen LogP contribution >= 0.6 is 0 Å². The summed E-state index contributed by atoms with van der Waals surface area (Å²) < 4.78 is 18.8. The van der Waals surface area contributed by atoms with Crippen LogP contribution in [-0.2, 0) is 38.4 Å². The van der Waals surface area contributed by atoms with Gasteiger partial charge in [0.2, 0.25) is 0 Å². The van der Waals surface area contributed by atoms with Crippen LogP contribution < -0.4 is 5.32 Å². The lowest BCUT2D eigenvalue weighted by Crippen LogP contribution is -2.57. The molecule has 49 heavy (non-hydrogen) atoms. The number of nitrogens with one attached hydrogen (secondary N) is 1. The van der Waals surface area contributed by atoms with E-state index in [-0.39, 0.29) is 17.9 Å². The van der Waals surface area contributed by atoms with Crippen LogP contribution in [0.15, 0.2) is 146 Å². The van der Waals surface area contributed by atoms with Crippen molar-refractivity contribution in [2.24, 2.45) is 11.8 Å². The molecule has 5 nitrogen and oxygen atoms in total. The highest BCUT2D eigenvalue weighted by molar-refractivity contribution is 5.47. The van der Waals surface area contributed by atoms with E-state index in [2.05, 4.69) is 127 Å². The Hall–Kier alpha value is -4.10. The van der Waals surface area contributed by atoms with Crippen molar-refractivity contribution in [3.63, 3.8) is 0 Å². The van der Waals surface area contributed by atoms with E-state index in [1.165, 1.54) is 5.56 Å². The van der Waals surface area contributed by atoms with Crippen molar-refractivity contribution in [2.45, 2.75) is 44.2 Å². The first-order valence-corrected chi connectivity index (χ1v) is 17.6. The number of aliphatic hydroxyl groups is 1. The predicted molar refractivity (Wildman–Crippen MR) is 196 cm³/mol. The molecule has 1 saturated heterocycles. The third-order valence-electron chi connectivity index (χ3n) is 9.76. The number of rotatable bonds is 15. The summed E-state index contributed by atoms with van der Waals surface area (Å²) in [6, 6.07) is 50.1. The van der Waals surface area contributed by atoms with Crippen LogP contribution in [0.3, 0.4) is 0 Å². The van der Waals surface area contributed by atoms with Crippen LogP contribution in [0.25, 0.3) is 0 Å². The van der Waals surface area contributed by atoms with Gasteiger partial charge in [0, 0.05) is 24.9 Å². The van der Waals surface area contributed by atoms with Crippen LogP contribution in [0.1, 0.15) is 47.2 Å². The Balaban J connectivity index is 1.34. The molecule has 0 bridgehead atoms. The molecule has 0 radical (unpaired) electrons. The van der Waals surface area contributed by atoms with E-state index < -0.39 is 11.2 Å². The second-order valence-corrected chi connectivity index (χ2v) is 13.3. The van der Waals surface area contributed by atoms with Gasteiger partial charge in [-0.05, 0) is 53.6 Å². The zero-order valence-electron chi connectivity index (χ0n) is 28.7. The summed E-state index contributed by atoms with van der Waals surface area (Å²) in [6.07, 6.45) is 0.926. The lowest BCUT2D eigenvalue weighted by molar-refractivity contribution is -0.132. The second kappa shape index (κ2) is 16.5. The van der Waals surface area contributed by atoms with Crippen molar-refractivity contribution in [3.8, 4) is 0 Å². The standard InChI is InChI=1S/C44H49NO4/c1-34(2)48-28-27-47-32-36-23-25-37(26-24-36)43(46)41(29-35-15-7-3-8-16-35)30-45-31-42(43)33-49-44(38-17-9-4-10-18-38,39-19-11-5-12-20-39)40-21-13-6-14-22-40/h3-26,34,41-42,45-46H,27-33H2,1-2H3. The third-order valence-corrected chi connectivity index (χ3v) is 9.76. The zero-order valence-corrected chi connectivity index (χ0v) is 28.7. The van der Waals surface area contributed by atoms with E-state index in [0.717, 1.165) is 34.2 Å². The Kier molecular flexibility index (Phi) is 11.7. The summed E-state index contributed by atoms with van der Waals surface area (Å²) in [4.78, 5) is 0. The molecule has 0 aliphatic carbocycles. The lowest BCUT2D eigenvalue weighted by atomic mass is 9.68. The van der Waals surface area contributed by atoms with Gasteiger partial charge in [0.15, 0.2) is 0 Å². The average molecular weight is 656 g/mol. The molecule has 0 saturated carbocycles. The highest BCUT2D eigenvalue weighted by atomic mass is 16.5. The maximum Gasteiger partial charge on any atom is 0.143 e. The second-order valence-electron chi connectivity index (χ2n) is 13.3. The summed E-state index contributed by atoms with van der Waals surface area (Å²) in [6.45, 7) is 7.31. The number of benzene rings is 5. The van der Waals surface area contributed by atoms with Crippen LogP contribution in [-0.4, -0.2) is 44.1 Å². The molecule has 0 spiro atoms.